The van der Waals surface area contributed by atoms with Crippen LogP contribution in [0.25, 0.3) is 10.9 Å². The molecule has 1 aliphatic rings. The van der Waals surface area contributed by atoms with Gasteiger partial charge < -0.3 is 15.0 Å². The third kappa shape index (κ3) is 3.95. The molecule has 3 atom stereocenters. The molecule has 1 aromatic carbocycles. The molecule has 0 spiro atoms. The summed E-state index contributed by atoms with van der Waals surface area (Å²) in [6.07, 6.45) is 3.41. The van der Waals surface area contributed by atoms with Gasteiger partial charge in [0.2, 0.25) is 5.56 Å². The Kier molecular flexibility index (Phi) is 5.40. The lowest BCUT2D eigenvalue weighted by atomic mass is 9.86. The summed E-state index contributed by atoms with van der Waals surface area (Å²) >= 11 is 0. The molecule has 6 nitrogen and oxygen atoms in total. The fourth-order valence-corrected chi connectivity index (χ4v) is 3.48. The molecule has 0 bridgehead atoms. The first-order chi connectivity index (χ1) is 12.5. The molecule has 0 unspecified atom stereocenters. The summed E-state index contributed by atoms with van der Waals surface area (Å²) in [5, 5.41) is 3.58. The number of aromatic nitrogens is 1. The Balaban J connectivity index is 1.71. The standard InChI is InChI=1S/C20H24N2O4/c1-12-7-3-5-9-16(12)22-19(24)13(2)26-20(25)15-11-18(23)21-17-10-6-4-8-14(15)17/h4,6,8,10-13,16H,3,5,7,9H2,1-2H3,(H,21,23)(H,22,24)/t12-,13-,16-/m0/s1. The number of nitrogens with one attached hydrogen (secondary N) is 2. The van der Waals surface area contributed by atoms with Gasteiger partial charge in [-0.05, 0) is 31.7 Å². The Hall–Kier alpha value is -2.63. The van der Waals surface area contributed by atoms with E-state index in [0.29, 0.717) is 16.8 Å². The SMILES string of the molecule is C[C@H](OC(=O)c1cc(=O)[nH]c2ccccc12)C(=O)N[C@H]1CCCC[C@@H]1C. The predicted molar refractivity (Wildman–Crippen MR) is 99.0 cm³/mol. The number of carbonyl (C=O) groups is 2. The van der Waals surface area contributed by atoms with Gasteiger partial charge in [0.15, 0.2) is 6.10 Å². The third-order valence-corrected chi connectivity index (χ3v) is 5.06. The average Bonchev–Trinajstić information content (AvgIpc) is 2.62. The van der Waals surface area contributed by atoms with E-state index in [1.807, 2.05) is 0 Å². The lowest BCUT2D eigenvalue weighted by Gasteiger charge is -2.30. The van der Waals surface area contributed by atoms with E-state index in [9.17, 15) is 14.4 Å². The van der Waals surface area contributed by atoms with Gasteiger partial charge in [-0.1, -0.05) is 38.0 Å². The van der Waals surface area contributed by atoms with Gasteiger partial charge in [-0.3, -0.25) is 9.59 Å². The molecule has 0 radical (unpaired) electrons. The normalized spacial score (nSPS) is 21.2. The third-order valence-electron chi connectivity index (χ3n) is 5.06. The zero-order valence-corrected chi connectivity index (χ0v) is 15.1. The van der Waals surface area contributed by atoms with Crippen LogP contribution >= 0.6 is 0 Å². The molecule has 0 saturated heterocycles. The Morgan fingerprint density at radius 1 is 1.23 bits per heavy atom. The summed E-state index contributed by atoms with van der Waals surface area (Å²) in [6, 6.07) is 8.33. The van der Waals surface area contributed by atoms with Crippen LogP contribution in [0.2, 0.25) is 0 Å². The van der Waals surface area contributed by atoms with Gasteiger partial charge >= 0.3 is 5.97 Å². The second kappa shape index (κ2) is 7.72. The van der Waals surface area contributed by atoms with Crippen LogP contribution < -0.4 is 10.9 Å². The van der Waals surface area contributed by atoms with Gasteiger partial charge in [-0.2, -0.15) is 0 Å². The Bertz CT molecular complexity index is 873. The van der Waals surface area contributed by atoms with Crippen molar-refractivity contribution in [2.75, 3.05) is 0 Å². The van der Waals surface area contributed by atoms with Gasteiger partial charge in [0.25, 0.3) is 5.91 Å². The van der Waals surface area contributed by atoms with Crippen LogP contribution in [0, 0.1) is 5.92 Å². The van der Waals surface area contributed by atoms with Gasteiger partial charge in [-0.15, -0.1) is 0 Å². The molecule has 2 aromatic rings. The largest absolute Gasteiger partial charge is 0.449 e. The number of benzene rings is 1. The molecule has 1 aromatic heterocycles. The second-order valence-corrected chi connectivity index (χ2v) is 7.02. The summed E-state index contributed by atoms with van der Waals surface area (Å²) in [5.41, 5.74) is 0.332. The van der Waals surface area contributed by atoms with E-state index in [1.54, 1.807) is 31.2 Å². The maximum Gasteiger partial charge on any atom is 0.339 e. The van der Waals surface area contributed by atoms with Crippen molar-refractivity contribution in [3.05, 3.63) is 46.2 Å². The van der Waals surface area contributed by atoms with Crippen molar-refractivity contribution in [3.8, 4) is 0 Å². The number of pyridine rings is 1. The molecule has 3 rings (SSSR count). The topological polar surface area (TPSA) is 88.3 Å². The number of fused-ring (bicyclic) bond motifs is 1. The van der Waals surface area contributed by atoms with E-state index in [1.165, 1.54) is 12.5 Å². The number of rotatable bonds is 4. The van der Waals surface area contributed by atoms with Crippen LogP contribution in [-0.2, 0) is 9.53 Å². The second-order valence-electron chi connectivity index (χ2n) is 7.02. The summed E-state index contributed by atoms with van der Waals surface area (Å²) in [5.74, 6) is -0.551. The van der Waals surface area contributed by atoms with Gasteiger partial charge in [0, 0.05) is 23.0 Å². The molecular weight excluding hydrogens is 332 g/mol. The molecule has 138 valence electrons. The summed E-state index contributed by atoms with van der Waals surface area (Å²) < 4.78 is 5.33. The molecular formula is C20H24N2O4. The summed E-state index contributed by atoms with van der Waals surface area (Å²) in [4.78, 5) is 39.4. The monoisotopic (exact) mass is 356 g/mol. The van der Waals surface area contributed by atoms with E-state index >= 15 is 0 Å². The smallest absolute Gasteiger partial charge is 0.339 e. The molecule has 26 heavy (non-hydrogen) atoms. The van der Waals surface area contributed by atoms with Crippen LogP contribution in [0.3, 0.4) is 0 Å². The van der Waals surface area contributed by atoms with E-state index in [2.05, 4.69) is 17.2 Å². The number of hydrogen-bond acceptors (Lipinski definition) is 4. The Labute approximate surface area is 151 Å². The highest BCUT2D eigenvalue weighted by Gasteiger charge is 2.27. The minimum atomic E-state index is -0.922. The molecule has 6 heteroatoms. The number of para-hydroxylation sites is 1. The van der Waals surface area contributed by atoms with Gasteiger partial charge in [0.1, 0.15) is 0 Å². The molecule has 2 N–H and O–H groups in total. The van der Waals surface area contributed by atoms with Crippen molar-refractivity contribution < 1.29 is 14.3 Å². The number of ether oxygens (including phenoxy) is 1. The zero-order chi connectivity index (χ0) is 18.7. The number of hydrogen-bond donors (Lipinski definition) is 2. The molecule has 1 fully saturated rings. The Morgan fingerprint density at radius 2 is 1.96 bits per heavy atom. The van der Waals surface area contributed by atoms with E-state index in [-0.39, 0.29) is 23.1 Å². The summed E-state index contributed by atoms with van der Waals surface area (Å²) in [7, 11) is 0. The maximum absolute atomic E-state index is 12.5. The van der Waals surface area contributed by atoms with Crippen LogP contribution in [0.1, 0.15) is 49.9 Å². The lowest BCUT2D eigenvalue weighted by Crippen LogP contribution is -2.46. The fourth-order valence-electron chi connectivity index (χ4n) is 3.48. The van der Waals surface area contributed by atoms with E-state index in [4.69, 9.17) is 4.74 Å². The first kappa shape index (κ1) is 18.2. The van der Waals surface area contributed by atoms with Crippen molar-refractivity contribution >= 4 is 22.8 Å². The molecule has 1 heterocycles. The van der Waals surface area contributed by atoms with Gasteiger partial charge in [0.05, 0.1) is 5.56 Å². The number of aromatic amines is 1. The number of H-pyrrole nitrogens is 1. The van der Waals surface area contributed by atoms with Crippen molar-refractivity contribution in [3.63, 3.8) is 0 Å². The maximum atomic E-state index is 12.5. The molecule has 1 aliphatic carbocycles. The molecule has 1 amide bonds. The van der Waals surface area contributed by atoms with Crippen molar-refractivity contribution in [1.82, 2.24) is 10.3 Å². The van der Waals surface area contributed by atoms with E-state index < -0.39 is 12.1 Å². The first-order valence-electron chi connectivity index (χ1n) is 9.09. The van der Waals surface area contributed by atoms with Crippen LogP contribution in [0.15, 0.2) is 35.1 Å². The lowest BCUT2D eigenvalue weighted by molar-refractivity contribution is -0.130. The number of amides is 1. The van der Waals surface area contributed by atoms with Gasteiger partial charge in [-0.25, -0.2) is 4.79 Å². The quantitative estimate of drug-likeness (QED) is 0.825. The summed E-state index contributed by atoms with van der Waals surface area (Å²) in [6.45, 7) is 3.68. The average molecular weight is 356 g/mol. The molecule has 1 saturated carbocycles. The fraction of sp³-hybridized carbons (Fsp3) is 0.450. The van der Waals surface area contributed by atoms with Crippen LogP contribution in [-0.4, -0.2) is 29.0 Å². The van der Waals surface area contributed by atoms with Crippen molar-refractivity contribution in [2.24, 2.45) is 5.92 Å². The number of esters is 1. The van der Waals surface area contributed by atoms with Crippen molar-refractivity contribution in [1.29, 1.82) is 0 Å². The minimum Gasteiger partial charge on any atom is -0.449 e. The van der Waals surface area contributed by atoms with E-state index in [0.717, 1.165) is 19.3 Å². The minimum absolute atomic E-state index is 0.123. The Morgan fingerprint density at radius 3 is 2.73 bits per heavy atom. The van der Waals surface area contributed by atoms with Crippen molar-refractivity contribution in [2.45, 2.75) is 51.7 Å². The van der Waals surface area contributed by atoms with Crippen LogP contribution in [0.5, 0.6) is 0 Å². The highest BCUT2D eigenvalue weighted by Crippen LogP contribution is 2.24. The highest BCUT2D eigenvalue weighted by atomic mass is 16.5. The highest BCUT2D eigenvalue weighted by molar-refractivity contribution is 6.03. The zero-order valence-electron chi connectivity index (χ0n) is 15.1. The van der Waals surface area contributed by atoms with Crippen LogP contribution in [0.4, 0.5) is 0 Å². The first-order valence-corrected chi connectivity index (χ1v) is 9.09. The number of carbonyl (C=O) groups excluding carboxylic acids is 2. The predicted octanol–water partition coefficient (Wildman–Crippen LogP) is 2.77. The molecule has 0 aliphatic heterocycles.